The van der Waals surface area contributed by atoms with E-state index in [1.807, 2.05) is 0 Å². The van der Waals surface area contributed by atoms with Crippen molar-refractivity contribution in [1.82, 2.24) is 20.3 Å². The van der Waals surface area contributed by atoms with Crippen LogP contribution >= 0.6 is 0 Å². The van der Waals surface area contributed by atoms with Crippen molar-refractivity contribution in [2.24, 2.45) is 0 Å². The molecule has 5 nitrogen and oxygen atoms in total. The van der Waals surface area contributed by atoms with Gasteiger partial charge in [0.15, 0.2) is 0 Å². The van der Waals surface area contributed by atoms with Crippen molar-refractivity contribution >= 4 is 7.41 Å². The van der Waals surface area contributed by atoms with Gasteiger partial charge in [0.05, 0.1) is 0 Å². The Balaban J connectivity index is 1.28. The molecule has 2 aliphatic heterocycles. The first-order chi connectivity index (χ1) is 17.9. The van der Waals surface area contributed by atoms with Crippen molar-refractivity contribution in [1.29, 1.82) is 0 Å². The second-order valence-electron chi connectivity index (χ2n) is 11.6. The molecule has 3 heterocycles. The second-order valence-corrected chi connectivity index (χ2v) is 15.1. The molecule has 1 saturated carbocycles. The van der Waals surface area contributed by atoms with E-state index in [0.717, 1.165) is 37.0 Å². The topological polar surface area (TPSA) is 54.2 Å². The number of rotatable bonds is 4. The van der Waals surface area contributed by atoms with E-state index < -0.39 is 0 Å². The molecule has 1 radical (unpaired) electrons. The van der Waals surface area contributed by atoms with Crippen molar-refractivity contribution in [3.05, 3.63) is 11.7 Å². The molecule has 0 bridgehead atoms. The molecule has 0 aromatic carbocycles. The maximum absolute atomic E-state index is 5.90. The van der Waals surface area contributed by atoms with Crippen LogP contribution < -0.4 is 26.5 Å². The van der Waals surface area contributed by atoms with Crippen molar-refractivity contribution in [3.8, 4) is 0 Å². The van der Waals surface area contributed by atoms with E-state index in [2.05, 4.69) is 22.7 Å². The molecule has 1 aromatic heterocycles. The molecule has 2 atom stereocenters. The minimum atomic E-state index is 0.0968. The van der Waals surface area contributed by atoms with Gasteiger partial charge in [-0.05, 0) is 0 Å². The van der Waals surface area contributed by atoms with Crippen LogP contribution in [-0.4, -0.2) is 46.4 Å². The zero-order chi connectivity index (χ0) is 24.7. The summed E-state index contributed by atoms with van der Waals surface area (Å²) in [6.45, 7) is 3.43. The molecule has 3 fully saturated rings. The molecular formula is C29H52BIN4O-. The van der Waals surface area contributed by atoms with Crippen LogP contribution in [0.2, 0.25) is 5.82 Å². The fourth-order valence-corrected chi connectivity index (χ4v) is 9.28. The van der Waals surface area contributed by atoms with E-state index in [4.69, 9.17) is 9.51 Å². The number of nitrogens with zero attached hydrogens (tertiary/aromatic N) is 3. The van der Waals surface area contributed by atoms with Crippen molar-refractivity contribution in [2.45, 2.75) is 144 Å². The normalized spacial score (nSPS) is 28.4. The van der Waals surface area contributed by atoms with Gasteiger partial charge in [0, 0.05) is 0 Å². The Bertz CT molecular complexity index is 679. The fourth-order valence-electron chi connectivity index (χ4n) is 6.20. The van der Waals surface area contributed by atoms with Gasteiger partial charge in [0.1, 0.15) is 0 Å². The zero-order valence-electron chi connectivity index (χ0n) is 22.9. The van der Waals surface area contributed by atoms with Crippen molar-refractivity contribution in [2.75, 3.05) is 24.1 Å². The fraction of sp³-hybridized carbons (Fsp3) is 0.931. The van der Waals surface area contributed by atoms with E-state index in [0.29, 0.717) is 3.92 Å². The van der Waals surface area contributed by atoms with Crippen LogP contribution in [0.15, 0.2) is 4.52 Å². The van der Waals surface area contributed by atoms with Gasteiger partial charge in [-0.2, -0.15) is 0 Å². The Hall–Kier alpha value is -0.145. The molecule has 7 heteroatoms. The van der Waals surface area contributed by atoms with Crippen LogP contribution in [0.25, 0.3) is 0 Å². The van der Waals surface area contributed by atoms with Gasteiger partial charge in [-0.15, -0.1) is 0 Å². The SMILES string of the molecule is [B](C1CCCCCCCCCCCC1)N1CC[I-]C(c2noc(C3CCCCCCCCCN3)n2)C1. The van der Waals surface area contributed by atoms with Gasteiger partial charge in [-0.25, -0.2) is 0 Å². The Morgan fingerprint density at radius 2 is 1.33 bits per heavy atom. The van der Waals surface area contributed by atoms with Gasteiger partial charge in [-0.1, -0.05) is 0 Å². The van der Waals surface area contributed by atoms with E-state index in [1.165, 1.54) is 133 Å². The van der Waals surface area contributed by atoms with Gasteiger partial charge in [0.2, 0.25) is 0 Å². The quantitative estimate of drug-likeness (QED) is 0.312. The van der Waals surface area contributed by atoms with E-state index in [9.17, 15) is 0 Å². The zero-order valence-corrected chi connectivity index (χ0v) is 25.1. The maximum atomic E-state index is 5.90. The molecule has 205 valence electrons. The second kappa shape index (κ2) is 17.4. The summed E-state index contributed by atoms with van der Waals surface area (Å²) < 4.78 is 7.76. The molecule has 1 aromatic rings. The molecule has 0 amide bonds. The monoisotopic (exact) mass is 610 g/mol. The molecule has 36 heavy (non-hydrogen) atoms. The summed E-state index contributed by atoms with van der Waals surface area (Å²) in [5.74, 6) is 2.62. The first-order valence-corrected chi connectivity index (χ1v) is 18.4. The standard InChI is InChI=1S/C29H52BIN4O/c1-2-4-7-11-15-19-25(18-14-10-6-3-1)30-35-23-21-31-26(24-35)28-33-29(36-34-28)27-20-16-12-8-5-9-13-17-22-32-27/h25-27,32H,1-24H2/q-1. The van der Waals surface area contributed by atoms with E-state index in [-0.39, 0.29) is 27.2 Å². The number of aromatic nitrogens is 2. The van der Waals surface area contributed by atoms with Gasteiger partial charge in [0.25, 0.3) is 0 Å². The first-order valence-electron chi connectivity index (χ1n) is 15.6. The molecule has 2 saturated heterocycles. The predicted octanol–water partition coefficient (Wildman–Crippen LogP) is 4.38. The first kappa shape index (κ1) is 28.9. The predicted molar refractivity (Wildman–Crippen MR) is 146 cm³/mol. The third kappa shape index (κ3) is 10.6. The van der Waals surface area contributed by atoms with Crippen LogP contribution in [0, 0.1) is 0 Å². The number of halogens is 1. The van der Waals surface area contributed by atoms with E-state index in [1.54, 1.807) is 0 Å². The van der Waals surface area contributed by atoms with Gasteiger partial charge >= 0.3 is 233 Å². The average Bonchev–Trinajstić information content (AvgIpc) is 3.37. The Morgan fingerprint density at radius 1 is 0.750 bits per heavy atom. The number of hydrogen-bond acceptors (Lipinski definition) is 5. The van der Waals surface area contributed by atoms with E-state index >= 15 is 0 Å². The van der Waals surface area contributed by atoms with Crippen LogP contribution in [0.1, 0.15) is 150 Å². The Kier molecular flexibility index (Phi) is 14.0. The third-order valence-corrected chi connectivity index (χ3v) is 11.6. The van der Waals surface area contributed by atoms with Crippen LogP contribution in [-0.2, 0) is 0 Å². The van der Waals surface area contributed by atoms with Crippen molar-refractivity contribution < 1.29 is 25.7 Å². The van der Waals surface area contributed by atoms with Crippen molar-refractivity contribution in [3.63, 3.8) is 0 Å². The molecule has 4 rings (SSSR count). The van der Waals surface area contributed by atoms with Crippen LogP contribution in [0.4, 0.5) is 0 Å². The molecule has 1 aliphatic carbocycles. The Labute approximate surface area is 232 Å². The minimum absolute atomic E-state index is 0.0968. The van der Waals surface area contributed by atoms with Gasteiger partial charge in [-0.3, -0.25) is 0 Å². The number of hydrogen-bond donors (Lipinski definition) is 1. The third-order valence-electron chi connectivity index (χ3n) is 8.48. The summed E-state index contributed by atoms with van der Waals surface area (Å²) in [5, 5.41) is 8.29. The molecule has 2 unspecified atom stereocenters. The Morgan fingerprint density at radius 3 is 2.00 bits per heavy atom. The number of nitrogens with one attached hydrogen (secondary N) is 1. The summed E-state index contributed by atoms with van der Waals surface area (Å²) in [7, 11) is 2.64. The number of alkyl halides is 2. The molecular weight excluding hydrogens is 558 g/mol. The summed E-state index contributed by atoms with van der Waals surface area (Å²) in [6.07, 6.45) is 27.6. The summed E-state index contributed by atoms with van der Waals surface area (Å²) in [6, 6.07) is 0.245. The average molecular weight is 610 g/mol. The summed E-state index contributed by atoms with van der Waals surface area (Å²) in [5.41, 5.74) is 0. The molecule has 3 aliphatic rings. The summed E-state index contributed by atoms with van der Waals surface area (Å²) >= 11 is 0.0968. The molecule has 0 spiro atoms. The summed E-state index contributed by atoms with van der Waals surface area (Å²) in [4.78, 5) is 7.66. The van der Waals surface area contributed by atoms with Crippen LogP contribution in [0.3, 0.4) is 0 Å². The molecule has 1 N–H and O–H groups in total. The van der Waals surface area contributed by atoms with Crippen LogP contribution in [0.5, 0.6) is 0 Å². The van der Waals surface area contributed by atoms with Gasteiger partial charge < -0.3 is 0 Å².